The molecule has 0 atom stereocenters. The second-order valence-electron chi connectivity index (χ2n) is 5.68. The number of hydrogen-bond donors (Lipinski definition) is 1. The summed E-state index contributed by atoms with van der Waals surface area (Å²) >= 11 is 0. The molecule has 20 heavy (non-hydrogen) atoms. The fraction of sp³-hybridized carbons (Fsp3) is 0.357. The standard InChI is InChI=1S/C14H13N3O3/c1-14(2)4-9-7(5-19-14)3-8-10-11(20-13(8)17-9)12(18)16-6-15-10/h3,6H,4-5H2,1-2H3,(H,15,16,18). The van der Waals surface area contributed by atoms with Crippen molar-refractivity contribution < 1.29 is 9.15 Å². The molecule has 4 heterocycles. The largest absolute Gasteiger partial charge is 0.430 e. The summed E-state index contributed by atoms with van der Waals surface area (Å²) in [6.45, 7) is 4.58. The minimum Gasteiger partial charge on any atom is -0.430 e. The molecule has 3 aromatic rings. The zero-order chi connectivity index (χ0) is 13.9. The molecule has 6 heteroatoms. The van der Waals surface area contributed by atoms with Crippen molar-refractivity contribution in [2.45, 2.75) is 32.5 Å². The van der Waals surface area contributed by atoms with Crippen LogP contribution in [0.1, 0.15) is 25.1 Å². The van der Waals surface area contributed by atoms with Crippen LogP contribution in [0.4, 0.5) is 0 Å². The molecule has 0 saturated carbocycles. The van der Waals surface area contributed by atoms with Crippen molar-refractivity contribution in [2.24, 2.45) is 0 Å². The third-order valence-corrected chi connectivity index (χ3v) is 3.63. The van der Waals surface area contributed by atoms with Gasteiger partial charge in [-0.1, -0.05) is 0 Å². The molecule has 1 N–H and O–H groups in total. The first kappa shape index (κ1) is 11.6. The number of nitrogens with one attached hydrogen (secondary N) is 1. The van der Waals surface area contributed by atoms with Crippen molar-refractivity contribution in [1.82, 2.24) is 15.0 Å². The van der Waals surface area contributed by atoms with Gasteiger partial charge in [0.15, 0.2) is 0 Å². The van der Waals surface area contributed by atoms with E-state index in [1.807, 2.05) is 19.9 Å². The van der Waals surface area contributed by atoms with Crippen LogP contribution >= 0.6 is 0 Å². The van der Waals surface area contributed by atoms with Gasteiger partial charge in [-0.3, -0.25) is 4.79 Å². The van der Waals surface area contributed by atoms with Crippen LogP contribution in [0.5, 0.6) is 0 Å². The van der Waals surface area contributed by atoms with Crippen LogP contribution in [0.15, 0.2) is 21.6 Å². The normalized spacial score (nSPS) is 17.5. The highest BCUT2D eigenvalue weighted by atomic mass is 16.5. The van der Waals surface area contributed by atoms with Crippen molar-refractivity contribution in [1.29, 1.82) is 0 Å². The Kier molecular flexibility index (Phi) is 2.13. The SMILES string of the molecule is CC1(C)Cc2nc3oc4c(=O)[nH]cnc4c3cc2CO1. The smallest absolute Gasteiger partial charge is 0.294 e. The van der Waals surface area contributed by atoms with Crippen LogP contribution in [0.2, 0.25) is 0 Å². The van der Waals surface area contributed by atoms with E-state index in [9.17, 15) is 4.79 Å². The number of aromatic amines is 1. The summed E-state index contributed by atoms with van der Waals surface area (Å²) in [4.78, 5) is 23.0. The van der Waals surface area contributed by atoms with Crippen LogP contribution in [-0.4, -0.2) is 20.6 Å². The Morgan fingerprint density at radius 1 is 1.40 bits per heavy atom. The first-order chi connectivity index (χ1) is 9.53. The summed E-state index contributed by atoms with van der Waals surface area (Å²) in [7, 11) is 0. The Hall–Kier alpha value is -2.21. The van der Waals surface area contributed by atoms with Gasteiger partial charge in [-0.05, 0) is 19.9 Å². The van der Waals surface area contributed by atoms with Crippen molar-refractivity contribution in [3.8, 4) is 0 Å². The molecule has 3 aromatic heterocycles. The monoisotopic (exact) mass is 271 g/mol. The average Bonchev–Trinajstić information content (AvgIpc) is 2.75. The number of ether oxygens (including phenoxy) is 1. The number of hydrogen-bond acceptors (Lipinski definition) is 5. The number of fused-ring (bicyclic) bond motifs is 4. The van der Waals surface area contributed by atoms with Gasteiger partial charge in [-0.15, -0.1) is 0 Å². The summed E-state index contributed by atoms with van der Waals surface area (Å²) in [5.74, 6) is 0. The lowest BCUT2D eigenvalue weighted by Crippen LogP contribution is -2.32. The van der Waals surface area contributed by atoms with Crippen molar-refractivity contribution in [3.63, 3.8) is 0 Å². The summed E-state index contributed by atoms with van der Waals surface area (Å²) in [6.07, 6.45) is 2.10. The molecule has 0 aromatic carbocycles. The maximum Gasteiger partial charge on any atom is 0.294 e. The molecule has 6 nitrogen and oxygen atoms in total. The molecule has 1 aliphatic heterocycles. The summed E-state index contributed by atoms with van der Waals surface area (Å²) < 4.78 is 11.4. The predicted molar refractivity (Wildman–Crippen MR) is 72.5 cm³/mol. The number of H-pyrrole nitrogens is 1. The first-order valence-corrected chi connectivity index (χ1v) is 6.46. The van der Waals surface area contributed by atoms with Gasteiger partial charge in [0.05, 0.1) is 29.6 Å². The van der Waals surface area contributed by atoms with E-state index in [2.05, 4.69) is 15.0 Å². The van der Waals surface area contributed by atoms with E-state index < -0.39 is 0 Å². The molecule has 0 fully saturated rings. The third-order valence-electron chi connectivity index (χ3n) is 3.63. The van der Waals surface area contributed by atoms with E-state index in [1.165, 1.54) is 6.33 Å². The van der Waals surface area contributed by atoms with Crippen molar-refractivity contribution >= 4 is 22.2 Å². The Morgan fingerprint density at radius 2 is 2.25 bits per heavy atom. The molecule has 0 spiro atoms. The Balaban J connectivity index is 2.04. The second-order valence-corrected chi connectivity index (χ2v) is 5.68. The van der Waals surface area contributed by atoms with Crippen LogP contribution in [0, 0.1) is 0 Å². The van der Waals surface area contributed by atoms with Gasteiger partial charge < -0.3 is 14.1 Å². The third kappa shape index (κ3) is 1.58. The molecule has 0 saturated heterocycles. The number of aromatic nitrogens is 3. The van der Waals surface area contributed by atoms with Crippen LogP contribution in [0.3, 0.4) is 0 Å². The minimum atomic E-state index is -0.289. The van der Waals surface area contributed by atoms with Crippen LogP contribution in [-0.2, 0) is 17.8 Å². The van der Waals surface area contributed by atoms with Gasteiger partial charge in [0.2, 0.25) is 11.3 Å². The molecule has 1 aliphatic rings. The number of furan rings is 1. The highest BCUT2D eigenvalue weighted by molar-refractivity contribution is 6.00. The van der Waals surface area contributed by atoms with E-state index in [0.717, 1.165) is 23.1 Å². The lowest BCUT2D eigenvalue weighted by atomic mass is 9.95. The van der Waals surface area contributed by atoms with Gasteiger partial charge in [0, 0.05) is 12.0 Å². The fourth-order valence-electron chi connectivity index (χ4n) is 2.60. The molecule has 0 bridgehead atoms. The van der Waals surface area contributed by atoms with Gasteiger partial charge in [-0.2, -0.15) is 0 Å². The lowest BCUT2D eigenvalue weighted by Gasteiger charge is -2.30. The first-order valence-electron chi connectivity index (χ1n) is 6.46. The highest BCUT2D eigenvalue weighted by Crippen LogP contribution is 2.31. The molecule has 0 radical (unpaired) electrons. The Bertz CT molecular complexity index is 892. The zero-order valence-electron chi connectivity index (χ0n) is 11.2. The molecule has 102 valence electrons. The minimum absolute atomic E-state index is 0.220. The van der Waals surface area contributed by atoms with Gasteiger partial charge in [-0.25, -0.2) is 9.97 Å². The van der Waals surface area contributed by atoms with Crippen LogP contribution in [0.25, 0.3) is 22.2 Å². The summed E-state index contributed by atoms with van der Waals surface area (Å²) in [5.41, 5.74) is 2.70. The van der Waals surface area contributed by atoms with E-state index >= 15 is 0 Å². The molecule has 0 unspecified atom stereocenters. The quantitative estimate of drug-likeness (QED) is 0.675. The fourth-order valence-corrected chi connectivity index (χ4v) is 2.60. The molecule has 4 rings (SSSR count). The number of pyridine rings is 1. The van der Waals surface area contributed by atoms with E-state index in [-0.39, 0.29) is 16.7 Å². The molecule has 0 amide bonds. The van der Waals surface area contributed by atoms with Crippen molar-refractivity contribution in [3.05, 3.63) is 34.0 Å². The maximum atomic E-state index is 11.7. The summed E-state index contributed by atoms with van der Waals surface area (Å²) in [6, 6.07) is 1.96. The number of nitrogens with zero attached hydrogens (tertiary/aromatic N) is 2. The van der Waals surface area contributed by atoms with Gasteiger partial charge >= 0.3 is 0 Å². The van der Waals surface area contributed by atoms with Crippen molar-refractivity contribution in [2.75, 3.05) is 0 Å². The topological polar surface area (TPSA) is 81.0 Å². The average molecular weight is 271 g/mol. The van der Waals surface area contributed by atoms with E-state index in [1.54, 1.807) is 0 Å². The van der Waals surface area contributed by atoms with E-state index in [4.69, 9.17) is 9.15 Å². The molecular formula is C14H13N3O3. The predicted octanol–water partition coefficient (Wildman–Crippen LogP) is 1.92. The Labute approximate surface area is 113 Å². The second kappa shape index (κ2) is 3.67. The summed E-state index contributed by atoms with van der Waals surface area (Å²) in [5, 5.41) is 0.758. The lowest BCUT2D eigenvalue weighted by molar-refractivity contribution is -0.0411. The maximum absolute atomic E-state index is 11.7. The highest BCUT2D eigenvalue weighted by Gasteiger charge is 2.28. The Morgan fingerprint density at radius 3 is 3.10 bits per heavy atom. The van der Waals surface area contributed by atoms with Gasteiger partial charge in [0.25, 0.3) is 5.56 Å². The number of rotatable bonds is 0. The zero-order valence-corrected chi connectivity index (χ0v) is 11.2. The van der Waals surface area contributed by atoms with E-state index in [0.29, 0.717) is 17.8 Å². The van der Waals surface area contributed by atoms with Crippen LogP contribution < -0.4 is 5.56 Å². The molecular weight excluding hydrogens is 258 g/mol. The molecule has 0 aliphatic carbocycles. The van der Waals surface area contributed by atoms with Gasteiger partial charge in [0.1, 0.15) is 5.52 Å².